The summed E-state index contributed by atoms with van der Waals surface area (Å²) in [6.07, 6.45) is 3.09. The van der Waals surface area contributed by atoms with Gasteiger partial charge in [-0.15, -0.1) is 0 Å². The van der Waals surface area contributed by atoms with E-state index in [0.717, 1.165) is 25.7 Å². The molecule has 0 aliphatic heterocycles. The number of methoxy groups -OCH3 is 1. The lowest BCUT2D eigenvalue weighted by Gasteiger charge is -2.26. The number of carbonyl (C=O) groups excluding carboxylic acids is 1. The predicted octanol–water partition coefficient (Wildman–Crippen LogP) is 1.33. The highest BCUT2D eigenvalue weighted by molar-refractivity contribution is 7.89. The highest BCUT2D eigenvalue weighted by Crippen LogP contribution is 2.22. The summed E-state index contributed by atoms with van der Waals surface area (Å²) < 4.78 is 32.5. The molecule has 2 rings (SSSR count). The number of benzene rings is 1. The number of nitrogens with two attached hydrogens (primary N) is 1. The van der Waals surface area contributed by atoms with Crippen LogP contribution >= 0.6 is 0 Å². The molecule has 0 unspecified atom stereocenters. The average molecular weight is 326 g/mol. The Balaban J connectivity index is 2.23. The molecule has 0 saturated heterocycles. The van der Waals surface area contributed by atoms with E-state index in [2.05, 4.69) is 9.46 Å². The maximum Gasteiger partial charge on any atom is 0.337 e. The molecule has 1 aliphatic carbocycles. The Morgan fingerprint density at radius 3 is 2.50 bits per heavy atom. The maximum atomic E-state index is 12.6. The summed E-state index contributed by atoms with van der Waals surface area (Å²) in [6, 6.07) is 4.58. The van der Waals surface area contributed by atoms with Gasteiger partial charge in [-0.05, 0) is 50.3 Å². The molecular formula is C15H22N2O4S. The van der Waals surface area contributed by atoms with Crippen LogP contribution in [0.15, 0.2) is 23.1 Å². The molecule has 3 N–H and O–H groups in total. The molecule has 22 heavy (non-hydrogen) atoms. The van der Waals surface area contributed by atoms with Crippen LogP contribution in [0.5, 0.6) is 0 Å². The molecule has 1 aromatic carbocycles. The molecule has 1 saturated carbocycles. The van der Waals surface area contributed by atoms with Crippen LogP contribution in [0, 0.1) is 6.92 Å². The van der Waals surface area contributed by atoms with Crippen LogP contribution < -0.4 is 10.5 Å². The second-order valence-electron chi connectivity index (χ2n) is 5.70. The van der Waals surface area contributed by atoms with Crippen LogP contribution in [0.1, 0.15) is 41.6 Å². The Morgan fingerprint density at radius 1 is 1.27 bits per heavy atom. The van der Waals surface area contributed by atoms with Crippen LogP contribution in [-0.2, 0) is 14.8 Å². The van der Waals surface area contributed by atoms with Crippen molar-refractivity contribution >= 4 is 16.0 Å². The van der Waals surface area contributed by atoms with Gasteiger partial charge in [0.25, 0.3) is 0 Å². The monoisotopic (exact) mass is 326 g/mol. The van der Waals surface area contributed by atoms with E-state index in [1.54, 1.807) is 19.1 Å². The minimum Gasteiger partial charge on any atom is -0.465 e. The lowest BCUT2D eigenvalue weighted by atomic mass is 9.93. The van der Waals surface area contributed by atoms with Crippen molar-refractivity contribution in [3.05, 3.63) is 29.3 Å². The van der Waals surface area contributed by atoms with Gasteiger partial charge in [-0.25, -0.2) is 17.9 Å². The van der Waals surface area contributed by atoms with Crippen LogP contribution in [0.4, 0.5) is 0 Å². The minimum absolute atomic E-state index is 0.106. The van der Waals surface area contributed by atoms with Crippen LogP contribution in [0.3, 0.4) is 0 Å². The highest BCUT2D eigenvalue weighted by atomic mass is 32.2. The number of ether oxygens (including phenoxy) is 1. The summed E-state index contributed by atoms with van der Waals surface area (Å²) in [5.41, 5.74) is 6.65. The van der Waals surface area contributed by atoms with Crippen molar-refractivity contribution in [3.63, 3.8) is 0 Å². The van der Waals surface area contributed by atoms with Gasteiger partial charge in [0, 0.05) is 12.1 Å². The first-order chi connectivity index (χ1) is 10.3. The topological polar surface area (TPSA) is 98.5 Å². The Bertz CT molecular complexity index is 650. The second kappa shape index (κ2) is 6.76. The van der Waals surface area contributed by atoms with E-state index < -0.39 is 16.0 Å². The van der Waals surface area contributed by atoms with E-state index in [4.69, 9.17) is 5.73 Å². The number of carbonyl (C=O) groups is 1. The van der Waals surface area contributed by atoms with Gasteiger partial charge in [0.1, 0.15) is 0 Å². The number of rotatable bonds is 4. The first-order valence-electron chi connectivity index (χ1n) is 7.30. The molecular weight excluding hydrogens is 304 g/mol. The number of aryl methyl sites for hydroxylation is 1. The largest absolute Gasteiger partial charge is 0.465 e. The molecule has 0 radical (unpaired) electrons. The van der Waals surface area contributed by atoms with Crippen LogP contribution in [0.2, 0.25) is 0 Å². The van der Waals surface area contributed by atoms with Gasteiger partial charge >= 0.3 is 5.97 Å². The number of hydrogen-bond donors (Lipinski definition) is 2. The number of sulfonamides is 1. The van der Waals surface area contributed by atoms with E-state index in [-0.39, 0.29) is 22.5 Å². The first-order valence-corrected chi connectivity index (χ1v) is 8.78. The van der Waals surface area contributed by atoms with Gasteiger partial charge in [0.15, 0.2) is 0 Å². The molecule has 1 aromatic rings. The second-order valence-corrected chi connectivity index (χ2v) is 7.39. The third-order valence-corrected chi connectivity index (χ3v) is 5.65. The summed E-state index contributed by atoms with van der Waals surface area (Å²) in [6.45, 7) is 1.70. The van der Waals surface area contributed by atoms with Crippen molar-refractivity contribution < 1.29 is 17.9 Å². The van der Waals surface area contributed by atoms with Gasteiger partial charge in [0.2, 0.25) is 10.0 Å². The van der Waals surface area contributed by atoms with Crippen molar-refractivity contribution in [2.75, 3.05) is 7.11 Å². The predicted molar refractivity (Wildman–Crippen MR) is 83.1 cm³/mol. The van der Waals surface area contributed by atoms with E-state index >= 15 is 0 Å². The fourth-order valence-corrected chi connectivity index (χ4v) is 4.23. The Kier molecular flexibility index (Phi) is 5.20. The van der Waals surface area contributed by atoms with Gasteiger partial charge < -0.3 is 10.5 Å². The SMILES string of the molecule is COC(=O)c1ccc(C)c(S(=O)(=O)NC2CCC(N)CC2)c1. The molecule has 0 spiro atoms. The molecule has 7 heteroatoms. The van der Waals surface area contributed by atoms with Crippen molar-refractivity contribution in [2.24, 2.45) is 5.73 Å². The molecule has 122 valence electrons. The molecule has 0 atom stereocenters. The molecule has 0 heterocycles. The molecule has 1 fully saturated rings. The molecule has 0 aromatic heterocycles. The van der Waals surface area contributed by atoms with Gasteiger partial charge in [-0.3, -0.25) is 0 Å². The minimum atomic E-state index is -3.67. The van der Waals surface area contributed by atoms with E-state index in [9.17, 15) is 13.2 Å². The quantitative estimate of drug-likeness (QED) is 0.813. The fraction of sp³-hybridized carbons (Fsp3) is 0.533. The van der Waals surface area contributed by atoms with Gasteiger partial charge in [0.05, 0.1) is 17.6 Å². The third kappa shape index (κ3) is 3.85. The standard InChI is InChI=1S/C15H22N2O4S/c1-10-3-4-11(15(18)21-2)9-14(10)22(19,20)17-13-7-5-12(16)6-8-13/h3-4,9,12-13,17H,5-8,16H2,1-2H3. The van der Waals surface area contributed by atoms with E-state index in [0.29, 0.717) is 5.56 Å². The average Bonchev–Trinajstić information content (AvgIpc) is 2.49. The highest BCUT2D eigenvalue weighted by Gasteiger charge is 2.26. The summed E-state index contributed by atoms with van der Waals surface area (Å²) in [5.74, 6) is -0.555. The van der Waals surface area contributed by atoms with Crippen molar-refractivity contribution in [1.82, 2.24) is 4.72 Å². The van der Waals surface area contributed by atoms with E-state index in [1.807, 2.05) is 0 Å². The van der Waals surface area contributed by atoms with Crippen LogP contribution in [-0.4, -0.2) is 33.6 Å². The third-order valence-electron chi connectivity index (χ3n) is 3.99. The van der Waals surface area contributed by atoms with Crippen molar-refractivity contribution in [1.29, 1.82) is 0 Å². The first kappa shape index (κ1) is 16.9. The Morgan fingerprint density at radius 2 is 1.91 bits per heavy atom. The molecule has 0 bridgehead atoms. The smallest absolute Gasteiger partial charge is 0.337 e. The lowest BCUT2D eigenvalue weighted by Crippen LogP contribution is -2.40. The summed E-state index contributed by atoms with van der Waals surface area (Å²) in [7, 11) is -2.41. The maximum absolute atomic E-state index is 12.6. The number of esters is 1. The zero-order valence-corrected chi connectivity index (χ0v) is 13.7. The summed E-state index contributed by atoms with van der Waals surface area (Å²) in [4.78, 5) is 11.7. The normalized spacial score (nSPS) is 22.3. The Hall–Kier alpha value is -1.44. The zero-order valence-electron chi connectivity index (χ0n) is 12.8. The van der Waals surface area contributed by atoms with Crippen molar-refractivity contribution in [3.8, 4) is 0 Å². The van der Waals surface area contributed by atoms with Crippen LogP contribution in [0.25, 0.3) is 0 Å². The van der Waals surface area contributed by atoms with Crippen molar-refractivity contribution in [2.45, 2.75) is 49.6 Å². The summed E-state index contributed by atoms with van der Waals surface area (Å²) in [5, 5.41) is 0. The van der Waals surface area contributed by atoms with Gasteiger partial charge in [-0.2, -0.15) is 0 Å². The van der Waals surface area contributed by atoms with Gasteiger partial charge in [-0.1, -0.05) is 6.07 Å². The summed E-state index contributed by atoms with van der Waals surface area (Å²) >= 11 is 0. The van der Waals surface area contributed by atoms with E-state index in [1.165, 1.54) is 13.2 Å². The number of nitrogens with one attached hydrogen (secondary N) is 1. The molecule has 6 nitrogen and oxygen atoms in total. The lowest BCUT2D eigenvalue weighted by molar-refractivity contribution is 0.0600. The zero-order chi connectivity index (χ0) is 16.3. The molecule has 0 amide bonds. The fourth-order valence-electron chi connectivity index (χ4n) is 2.65. The Labute approximate surface area is 131 Å². The molecule has 1 aliphatic rings. The number of hydrogen-bond acceptors (Lipinski definition) is 5.